The lowest BCUT2D eigenvalue weighted by Crippen LogP contribution is -2.11. The van der Waals surface area contributed by atoms with Crippen LogP contribution in [0.25, 0.3) is 0 Å². The van der Waals surface area contributed by atoms with Crippen LogP contribution in [-0.4, -0.2) is 10.9 Å². The van der Waals surface area contributed by atoms with Crippen molar-refractivity contribution in [1.82, 2.24) is 4.98 Å². The predicted molar refractivity (Wildman–Crippen MR) is 80.2 cm³/mol. The molecule has 2 aromatic rings. The fourth-order valence-electron chi connectivity index (χ4n) is 2.50. The van der Waals surface area contributed by atoms with Crippen molar-refractivity contribution in [2.75, 3.05) is 5.32 Å². The fourth-order valence-corrected chi connectivity index (χ4v) is 4.13. The Kier molecular flexibility index (Phi) is 3.66. The van der Waals surface area contributed by atoms with E-state index < -0.39 is 0 Å². The number of aryl methyl sites for hydroxylation is 1. The Morgan fingerprint density at radius 1 is 1.58 bits per heavy atom. The molecule has 0 fully saturated rings. The molecule has 19 heavy (non-hydrogen) atoms. The van der Waals surface area contributed by atoms with Gasteiger partial charge in [-0.15, -0.1) is 22.7 Å². The molecule has 1 aliphatic rings. The van der Waals surface area contributed by atoms with Crippen molar-refractivity contribution in [3.8, 4) is 0 Å². The summed E-state index contributed by atoms with van der Waals surface area (Å²) in [6.45, 7) is 2.25. The fraction of sp³-hybridized carbons (Fsp3) is 0.429. The number of carbonyl (C=O) groups is 1. The lowest BCUT2D eigenvalue weighted by Gasteiger charge is -2.19. The van der Waals surface area contributed by atoms with E-state index in [0.29, 0.717) is 5.13 Å². The van der Waals surface area contributed by atoms with Crippen molar-refractivity contribution in [3.05, 3.63) is 33.0 Å². The van der Waals surface area contributed by atoms with Crippen LogP contribution in [0, 0.1) is 5.92 Å². The highest BCUT2D eigenvalue weighted by Crippen LogP contribution is 2.33. The van der Waals surface area contributed by atoms with Crippen LogP contribution >= 0.6 is 22.7 Å². The third-order valence-corrected chi connectivity index (χ3v) is 5.56. The lowest BCUT2D eigenvalue weighted by atomic mass is 9.87. The molecule has 5 heteroatoms. The Hall–Kier alpha value is -1.20. The summed E-state index contributed by atoms with van der Waals surface area (Å²) in [6, 6.07) is 2.07. The maximum absolute atomic E-state index is 12.1. The first kappa shape index (κ1) is 12.8. The highest BCUT2D eigenvalue weighted by molar-refractivity contribution is 7.15. The molecule has 0 unspecified atom stereocenters. The first-order valence-corrected chi connectivity index (χ1v) is 8.28. The average Bonchev–Trinajstić information content (AvgIpc) is 3.05. The smallest absolute Gasteiger partial charge is 0.267 e. The van der Waals surface area contributed by atoms with Crippen molar-refractivity contribution < 1.29 is 4.79 Å². The molecular formula is C14H16N2OS2. The maximum Gasteiger partial charge on any atom is 0.267 e. The number of thiophene rings is 1. The molecule has 0 saturated heterocycles. The topological polar surface area (TPSA) is 42.0 Å². The van der Waals surface area contributed by atoms with E-state index in [2.05, 4.69) is 23.3 Å². The van der Waals surface area contributed by atoms with Gasteiger partial charge in [0.2, 0.25) is 0 Å². The summed E-state index contributed by atoms with van der Waals surface area (Å²) in [5.74, 6) is 0.763. The van der Waals surface area contributed by atoms with Gasteiger partial charge in [0, 0.05) is 16.5 Å². The SMILES string of the molecule is CC[C@@H]1CCc2sc(C(=O)Nc3nccs3)cc2C1. The Morgan fingerprint density at radius 3 is 3.21 bits per heavy atom. The van der Waals surface area contributed by atoms with Crippen molar-refractivity contribution >= 4 is 33.7 Å². The normalized spacial score (nSPS) is 18.1. The van der Waals surface area contributed by atoms with Gasteiger partial charge in [0.05, 0.1) is 4.88 Å². The van der Waals surface area contributed by atoms with Gasteiger partial charge in [-0.05, 0) is 36.8 Å². The largest absolute Gasteiger partial charge is 0.297 e. The van der Waals surface area contributed by atoms with Gasteiger partial charge in [-0.1, -0.05) is 13.3 Å². The van der Waals surface area contributed by atoms with E-state index in [9.17, 15) is 4.79 Å². The minimum atomic E-state index is -0.0256. The molecule has 1 amide bonds. The van der Waals surface area contributed by atoms with Gasteiger partial charge >= 0.3 is 0 Å². The predicted octanol–water partition coefficient (Wildman–Crippen LogP) is 3.97. The van der Waals surface area contributed by atoms with E-state index in [0.717, 1.165) is 23.6 Å². The molecule has 0 bridgehead atoms. The molecule has 2 heterocycles. The zero-order valence-electron chi connectivity index (χ0n) is 10.8. The molecule has 3 rings (SSSR count). The molecule has 1 N–H and O–H groups in total. The van der Waals surface area contributed by atoms with Crippen LogP contribution < -0.4 is 5.32 Å². The molecule has 0 aliphatic heterocycles. The summed E-state index contributed by atoms with van der Waals surface area (Å²) in [4.78, 5) is 18.4. The highest BCUT2D eigenvalue weighted by Gasteiger charge is 2.22. The lowest BCUT2D eigenvalue weighted by molar-refractivity contribution is 0.103. The van der Waals surface area contributed by atoms with Crippen molar-refractivity contribution in [1.29, 1.82) is 0 Å². The number of hydrogen-bond acceptors (Lipinski definition) is 4. The van der Waals surface area contributed by atoms with E-state index in [1.807, 2.05) is 5.38 Å². The Balaban J connectivity index is 1.76. The van der Waals surface area contributed by atoms with Gasteiger partial charge in [0.25, 0.3) is 5.91 Å². The molecule has 0 radical (unpaired) electrons. The van der Waals surface area contributed by atoms with Gasteiger partial charge in [-0.3, -0.25) is 10.1 Å². The quantitative estimate of drug-likeness (QED) is 0.930. The second kappa shape index (κ2) is 5.43. The second-order valence-corrected chi connectivity index (χ2v) is 6.90. The Bertz CT molecular complexity index is 574. The molecule has 0 saturated carbocycles. The Morgan fingerprint density at radius 2 is 2.47 bits per heavy atom. The van der Waals surface area contributed by atoms with Gasteiger partial charge in [0.15, 0.2) is 5.13 Å². The number of nitrogens with zero attached hydrogens (tertiary/aromatic N) is 1. The van der Waals surface area contributed by atoms with Crippen molar-refractivity contribution in [2.45, 2.75) is 32.6 Å². The first-order valence-electron chi connectivity index (χ1n) is 6.58. The molecule has 3 nitrogen and oxygen atoms in total. The highest BCUT2D eigenvalue weighted by atomic mass is 32.1. The van der Waals surface area contributed by atoms with Gasteiger partial charge in [0.1, 0.15) is 0 Å². The first-order chi connectivity index (χ1) is 9.26. The van der Waals surface area contributed by atoms with Crippen molar-refractivity contribution in [2.24, 2.45) is 5.92 Å². The molecule has 1 aliphatic carbocycles. The average molecular weight is 292 g/mol. The molecule has 2 aromatic heterocycles. The van der Waals surface area contributed by atoms with E-state index in [4.69, 9.17) is 0 Å². The maximum atomic E-state index is 12.1. The molecular weight excluding hydrogens is 276 g/mol. The van der Waals surface area contributed by atoms with Crippen LogP contribution in [0.4, 0.5) is 5.13 Å². The van der Waals surface area contributed by atoms with Gasteiger partial charge < -0.3 is 0 Å². The Labute approximate surface area is 120 Å². The second-order valence-electron chi connectivity index (χ2n) is 4.87. The molecule has 1 atom stereocenters. The minimum Gasteiger partial charge on any atom is -0.297 e. The van der Waals surface area contributed by atoms with E-state index in [1.54, 1.807) is 17.5 Å². The van der Waals surface area contributed by atoms with Crippen LogP contribution in [0.2, 0.25) is 0 Å². The number of fused-ring (bicyclic) bond motifs is 1. The van der Waals surface area contributed by atoms with Crippen LogP contribution in [0.3, 0.4) is 0 Å². The number of hydrogen-bond donors (Lipinski definition) is 1. The van der Waals surface area contributed by atoms with Crippen LogP contribution in [0.5, 0.6) is 0 Å². The molecule has 100 valence electrons. The van der Waals surface area contributed by atoms with E-state index >= 15 is 0 Å². The van der Waals surface area contributed by atoms with Crippen LogP contribution in [-0.2, 0) is 12.8 Å². The van der Waals surface area contributed by atoms with Crippen LogP contribution in [0.1, 0.15) is 39.9 Å². The molecule has 0 aromatic carbocycles. The number of amides is 1. The third-order valence-electron chi connectivity index (χ3n) is 3.64. The van der Waals surface area contributed by atoms with Gasteiger partial charge in [-0.25, -0.2) is 4.98 Å². The van der Waals surface area contributed by atoms with E-state index in [1.165, 1.54) is 34.6 Å². The van der Waals surface area contributed by atoms with E-state index in [-0.39, 0.29) is 5.91 Å². The summed E-state index contributed by atoms with van der Waals surface area (Å²) in [5.41, 5.74) is 1.38. The number of rotatable bonds is 3. The number of anilines is 1. The molecule has 0 spiro atoms. The summed E-state index contributed by atoms with van der Waals surface area (Å²) in [7, 11) is 0. The summed E-state index contributed by atoms with van der Waals surface area (Å²) in [6.07, 6.45) is 6.45. The number of thiazole rings is 1. The standard InChI is InChI=1S/C14H16N2OS2/c1-2-9-3-4-11-10(7-9)8-12(19-11)13(17)16-14-15-5-6-18-14/h5-6,8-9H,2-4,7H2,1H3,(H,15,16,17)/t9-/m1/s1. The number of nitrogens with one attached hydrogen (secondary N) is 1. The summed E-state index contributed by atoms with van der Waals surface area (Å²) < 4.78 is 0. The summed E-state index contributed by atoms with van der Waals surface area (Å²) >= 11 is 3.09. The zero-order valence-corrected chi connectivity index (χ0v) is 12.4. The number of aromatic nitrogens is 1. The monoisotopic (exact) mass is 292 g/mol. The zero-order chi connectivity index (χ0) is 13.2. The van der Waals surface area contributed by atoms with Gasteiger partial charge in [-0.2, -0.15) is 0 Å². The number of carbonyl (C=O) groups excluding carboxylic acids is 1. The van der Waals surface area contributed by atoms with Crippen molar-refractivity contribution in [3.63, 3.8) is 0 Å². The summed E-state index contributed by atoms with van der Waals surface area (Å²) in [5, 5.41) is 5.38. The van der Waals surface area contributed by atoms with Crippen LogP contribution in [0.15, 0.2) is 17.6 Å². The third kappa shape index (κ3) is 2.72. The minimum absolute atomic E-state index is 0.0256.